The van der Waals surface area contributed by atoms with Gasteiger partial charge in [0, 0.05) is 12.2 Å². The van der Waals surface area contributed by atoms with E-state index in [1.165, 1.54) is 0 Å². The Balaban J connectivity index is 1.86. The molecule has 1 heterocycles. The summed E-state index contributed by atoms with van der Waals surface area (Å²) in [6.45, 7) is 3.07. The summed E-state index contributed by atoms with van der Waals surface area (Å²) in [7, 11) is 1.60. The summed E-state index contributed by atoms with van der Waals surface area (Å²) >= 11 is 0. The smallest absolute Gasteiger partial charge is 0.191 e. The van der Waals surface area contributed by atoms with Crippen molar-refractivity contribution in [1.29, 1.82) is 0 Å². The average molecular weight is 264 g/mol. The van der Waals surface area contributed by atoms with Crippen molar-refractivity contribution in [3.05, 3.63) is 29.8 Å². The van der Waals surface area contributed by atoms with Gasteiger partial charge in [-0.1, -0.05) is 0 Å². The van der Waals surface area contributed by atoms with E-state index in [9.17, 15) is 4.79 Å². The van der Waals surface area contributed by atoms with Gasteiger partial charge in [-0.05, 0) is 44.0 Å². The Bertz CT molecular complexity index is 407. The van der Waals surface area contributed by atoms with E-state index in [-0.39, 0.29) is 11.9 Å². The fraction of sp³-hybridized carbons (Fsp3) is 0.533. The molecule has 0 saturated carbocycles. The van der Waals surface area contributed by atoms with Crippen LogP contribution in [0.4, 0.5) is 0 Å². The predicted octanol–water partition coefficient (Wildman–Crippen LogP) is 2.46. The van der Waals surface area contributed by atoms with Crippen LogP contribution in [0.2, 0.25) is 0 Å². The zero-order valence-electron chi connectivity index (χ0n) is 11.4. The third-order valence-electron chi connectivity index (χ3n) is 3.30. The Morgan fingerprint density at radius 2 is 2.16 bits per heavy atom. The molecule has 0 amide bonds. The number of ketones is 1. The molecule has 2 rings (SSSR count). The monoisotopic (exact) mass is 264 g/mol. The predicted molar refractivity (Wildman–Crippen MR) is 71.7 cm³/mol. The molecule has 0 bridgehead atoms. The van der Waals surface area contributed by atoms with Crippen LogP contribution in [0.5, 0.6) is 5.75 Å². The standard InChI is InChI=1S/C15H20O4/c1-11(19-10-14-4-3-9-18-14)15(16)12-5-7-13(17-2)8-6-12/h5-8,11,14H,3-4,9-10H2,1-2H3. The quantitative estimate of drug-likeness (QED) is 0.740. The molecule has 0 aliphatic carbocycles. The lowest BCUT2D eigenvalue weighted by molar-refractivity contribution is -0.00759. The van der Waals surface area contributed by atoms with E-state index in [1.807, 2.05) is 0 Å². The van der Waals surface area contributed by atoms with Crippen LogP contribution < -0.4 is 4.74 Å². The molecule has 4 heteroatoms. The summed E-state index contributed by atoms with van der Waals surface area (Å²) in [5.74, 6) is 0.727. The number of rotatable bonds is 6. The van der Waals surface area contributed by atoms with Gasteiger partial charge in [-0.2, -0.15) is 0 Å². The van der Waals surface area contributed by atoms with Crippen LogP contribution in [0.15, 0.2) is 24.3 Å². The lowest BCUT2D eigenvalue weighted by Gasteiger charge is -2.15. The first-order chi connectivity index (χ1) is 9.20. The van der Waals surface area contributed by atoms with Crippen LogP contribution in [0.1, 0.15) is 30.1 Å². The Morgan fingerprint density at radius 1 is 1.42 bits per heavy atom. The molecule has 1 aliphatic heterocycles. The third-order valence-corrected chi connectivity index (χ3v) is 3.30. The highest BCUT2D eigenvalue weighted by molar-refractivity contribution is 5.99. The molecule has 0 spiro atoms. The number of carbonyl (C=O) groups is 1. The first kappa shape index (κ1) is 14.0. The normalized spacial score (nSPS) is 20.2. The number of benzene rings is 1. The first-order valence-corrected chi connectivity index (χ1v) is 6.62. The molecule has 0 N–H and O–H groups in total. The fourth-order valence-corrected chi connectivity index (χ4v) is 2.09. The number of hydrogen-bond donors (Lipinski definition) is 0. The summed E-state index contributed by atoms with van der Waals surface area (Å²) in [4.78, 5) is 12.1. The highest BCUT2D eigenvalue weighted by atomic mass is 16.5. The molecular weight excluding hydrogens is 244 g/mol. The largest absolute Gasteiger partial charge is 0.497 e. The fourth-order valence-electron chi connectivity index (χ4n) is 2.09. The zero-order valence-corrected chi connectivity index (χ0v) is 11.4. The molecule has 2 atom stereocenters. The van der Waals surface area contributed by atoms with E-state index in [0.29, 0.717) is 12.2 Å². The molecule has 104 valence electrons. The van der Waals surface area contributed by atoms with Gasteiger partial charge in [-0.25, -0.2) is 0 Å². The maximum atomic E-state index is 12.1. The second-order valence-corrected chi connectivity index (χ2v) is 4.70. The highest BCUT2D eigenvalue weighted by Gasteiger charge is 2.20. The molecule has 1 aromatic rings. The Hall–Kier alpha value is -1.39. The molecule has 19 heavy (non-hydrogen) atoms. The van der Waals surface area contributed by atoms with Crippen LogP contribution in [0, 0.1) is 0 Å². The topological polar surface area (TPSA) is 44.8 Å². The SMILES string of the molecule is COc1ccc(C(=O)C(C)OCC2CCCO2)cc1. The van der Waals surface area contributed by atoms with Crippen LogP contribution in [-0.4, -0.2) is 38.3 Å². The lowest BCUT2D eigenvalue weighted by atomic mass is 10.1. The molecule has 1 aliphatic rings. The van der Waals surface area contributed by atoms with Gasteiger partial charge < -0.3 is 14.2 Å². The molecule has 2 unspecified atom stereocenters. The maximum absolute atomic E-state index is 12.1. The van der Waals surface area contributed by atoms with Crippen molar-refractivity contribution in [1.82, 2.24) is 0 Å². The Kier molecular flexibility index (Phi) is 4.93. The second-order valence-electron chi connectivity index (χ2n) is 4.70. The van der Waals surface area contributed by atoms with Crippen LogP contribution in [0.25, 0.3) is 0 Å². The second kappa shape index (κ2) is 6.68. The molecular formula is C15H20O4. The van der Waals surface area contributed by atoms with Crippen molar-refractivity contribution in [3.8, 4) is 5.75 Å². The summed E-state index contributed by atoms with van der Waals surface area (Å²) in [5.41, 5.74) is 0.639. The molecule has 1 fully saturated rings. The van der Waals surface area contributed by atoms with Crippen LogP contribution in [0.3, 0.4) is 0 Å². The molecule has 0 radical (unpaired) electrons. The first-order valence-electron chi connectivity index (χ1n) is 6.62. The van der Waals surface area contributed by atoms with Gasteiger partial charge in [-0.3, -0.25) is 4.79 Å². The van der Waals surface area contributed by atoms with Gasteiger partial charge >= 0.3 is 0 Å². The van der Waals surface area contributed by atoms with Crippen LogP contribution in [-0.2, 0) is 9.47 Å². The van der Waals surface area contributed by atoms with Gasteiger partial charge in [-0.15, -0.1) is 0 Å². The Labute approximate surface area is 113 Å². The van der Waals surface area contributed by atoms with E-state index in [2.05, 4.69) is 0 Å². The number of Topliss-reactive ketones (excluding diaryl/α,β-unsaturated/α-hetero) is 1. The van der Waals surface area contributed by atoms with Gasteiger partial charge in [0.05, 0.1) is 19.8 Å². The highest BCUT2D eigenvalue weighted by Crippen LogP contribution is 2.16. The van der Waals surface area contributed by atoms with E-state index in [1.54, 1.807) is 38.3 Å². The van der Waals surface area contributed by atoms with Crippen molar-refractivity contribution in [3.63, 3.8) is 0 Å². The van der Waals surface area contributed by atoms with Crippen LogP contribution >= 0.6 is 0 Å². The average Bonchev–Trinajstić information content (AvgIpc) is 2.97. The molecule has 1 saturated heterocycles. The minimum absolute atomic E-state index is 0.0133. The van der Waals surface area contributed by atoms with Crippen molar-refractivity contribution < 1.29 is 19.0 Å². The van der Waals surface area contributed by atoms with Gasteiger partial charge in [0.25, 0.3) is 0 Å². The molecule has 1 aromatic carbocycles. The lowest BCUT2D eigenvalue weighted by Crippen LogP contribution is -2.25. The van der Waals surface area contributed by atoms with Crippen molar-refractivity contribution in [2.75, 3.05) is 20.3 Å². The van der Waals surface area contributed by atoms with E-state index < -0.39 is 6.10 Å². The summed E-state index contributed by atoms with van der Waals surface area (Å²) < 4.78 is 16.1. The van der Waals surface area contributed by atoms with Gasteiger partial charge in [0.1, 0.15) is 11.9 Å². The van der Waals surface area contributed by atoms with Crippen molar-refractivity contribution in [2.45, 2.75) is 32.0 Å². The van der Waals surface area contributed by atoms with Crippen molar-refractivity contribution >= 4 is 5.78 Å². The van der Waals surface area contributed by atoms with Crippen molar-refractivity contribution in [2.24, 2.45) is 0 Å². The Morgan fingerprint density at radius 3 is 2.74 bits per heavy atom. The van der Waals surface area contributed by atoms with Gasteiger partial charge in [0.2, 0.25) is 0 Å². The number of methoxy groups -OCH3 is 1. The summed E-state index contributed by atoms with van der Waals surface area (Å²) in [6, 6.07) is 7.07. The molecule has 0 aromatic heterocycles. The van der Waals surface area contributed by atoms with E-state index in [4.69, 9.17) is 14.2 Å². The summed E-state index contributed by atoms with van der Waals surface area (Å²) in [6.07, 6.45) is 1.79. The third kappa shape index (κ3) is 3.78. The number of ether oxygens (including phenoxy) is 3. The van der Waals surface area contributed by atoms with E-state index in [0.717, 1.165) is 25.2 Å². The number of carbonyl (C=O) groups excluding carboxylic acids is 1. The summed E-state index contributed by atoms with van der Waals surface area (Å²) in [5, 5.41) is 0. The maximum Gasteiger partial charge on any atom is 0.191 e. The minimum Gasteiger partial charge on any atom is -0.497 e. The van der Waals surface area contributed by atoms with E-state index >= 15 is 0 Å². The minimum atomic E-state index is -0.447. The van der Waals surface area contributed by atoms with Gasteiger partial charge in [0.15, 0.2) is 5.78 Å². The molecule has 4 nitrogen and oxygen atoms in total. The number of hydrogen-bond acceptors (Lipinski definition) is 4. The zero-order chi connectivity index (χ0) is 13.7.